The first kappa shape index (κ1) is 15.0. The third-order valence-corrected chi connectivity index (χ3v) is 3.42. The third-order valence-electron chi connectivity index (χ3n) is 3.10. The summed E-state index contributed by atoms with van der Waals surface area (Å²) < 4.78 is 0. The monoisotopic (exact) mass is 312 g/mol. The first-order chi connectivity index (χ1) is 9.90. The van der Waals surface area contributed by atoms with E-state index in [1.807, 2.05) is 0 Å². The van der Waals surface area contributed by atoms with Gasteiger partial charge in [0.15, 0.2) is 0 Å². The van der Waals surface area contributed by atoms with Crippen LogP contribution in [0, 0.1) is 10.1 Å². The minimum absolute atomic E-state index is 0.0306. The number of non-ortho nitro benzene ring substituents is 1. The maximum absolute atomic E-state index is 12.4. The van der Waals surface area contributed by atoms with Crippen LogP contribution in [0.25, 0.3) is 0 Å². The number of hydrogen-bond donors (Lipinski definition) is 2. The third kappa shape index (κ3) is 3.22. The van der Waals surface area contributed by atoms with E-state index in [1.165, 1.54) is 4.90 Å². The molecule has 1 heterocycles. The van der Waals surface area contributed by atoms with E-state index in [2.05, 4.69) is 5.32 Å². The van der Waals surface area contributed by atoms with Crippen LogP contribution in [0.3, 0.4) is 0 Å². The fraction of sp³-hybridized carbons (Fsp3) is 0.333. The number of nitro benzene ring substituents is 1. The molecule has 0 spiro atoms. The number of nitro groups is 1. The number of amides is 2. The second kappa shape index (κ2) is 5.96. The number of nitrogens with zero attached hydrogens (tertiary/aromatic N) is 2. The van der Waals surface area contributed by atoms with Gasteiger partial charge in [-0.3, -0.25) is 19.7 Å². The lowest BCUT2D eigenvalue weighted by Crippen LogP contribution is -2.37. The summed E-state index contributed by atoms with van der Waals surface area (Å²) in [6.07, 6.45) is 0.597. The number of carbonyl (C=O) groups is 2. The number of carbonyl (C=O) groups excluding carboxylic acids is 2. The summed E-state index contributed by atoms with van der Waals surface area (Å²) in [7, 11) is 0. The van der Waals surface area contributed by atoms with Crippen LogP contribution in [0.1, 0.15) is 16.8 Å². The molecule has 1 saturated heterocycles. The molecule has 9 heteroatoms. The van der Waals surface area contributed by atoms with Gasteiger partial charge in [0.25, 0.3) is 11.6 Å². The Morgan fingerprint density at radius 2 is 2.19 bits per heavy atom. The molecule has 21 heavy (non-hydrogen) atoms. The van der Waals surface area contributed by atoms with E-state index in [0.717, 1.165) is 12.1 Å². The fourth-order valence-electron chi connectivity index (χ4n) is 2.04. The molecule has 1 aliphatic heterocycles. The van der Waals surface area contributed by atoms with Crippen LogP contribution in [0.2, 0.25) is 5.02 Å². The Hall–Kier alpha value is -2.35. The van der Waals surface area contributed by atoms with E-state index >= 15 is 0 Å². The van der Waals surface area contributed by atoms with Crippen LogP contribution < -0.4 is 11.1 Å². The smallest absolute Gasteiger partial charge is 0.271 e. The van der Waals surface area contributed by atoms with Gasteiger partial charge in [0.1, 0.15) is 0 Å². The summed E-state index contributed by atoms with van der Waals surface area (Å²) >= 11 is 5.83. The summed E-state index contributed by atoms with van der Waals surface area (Å²) in [5, 5.41) is 13.4. The lowest BCUT2D eigenvalue weighted by Gasteiger charge is -2.20. The van der Waals surface area contributed by atoms with Crippen molar-refractivity contribution in [1.29, 1.82) is 0 Å². The topological polar surface area (TPSA) is 119 Å². The standard InChI is InChI=1S/C12H13ClN4O4/c13-9-5-7(17(20)21)4-8(11(9)14)12(19)16-3-1-2-15-10(18)6-16/h4-5H,1-3,6,14H2,(H,15,18). The van der Waals surface area contributed by atoms with Crippen molar-refractivity contribution in [3.63, 3.8) is 0 Å². The average molecular weight is 313 g/mol. The van der Waals surface area contributed by atoms with Gasteiger partial charge in [-0.05, 0) is 6.42 Å². The Morgan fingerprint density at radius 1 is 1.48 bits per heavy atom. The SMILES string of the molecule is Nc1c(Cl)cc([N+](=O)[O-])cc1C(=O)N1CCCNC(=O)C1. The van der Waals surface area contributed by atoms with Crippen LogP contribution in [0.5, 0.6) is 0 Å². The molecule has 0 bridgehead atoms. The van der Waals surface area contributed by atoms with E-state index in [1.54, 1.807) is 0 Å². The van der Waals surface area contributed by atoms with Crippen molar-refractivity contribution in [2.45, 2.75) is 6.42 Å². The number of nitrogen functional groups attached to an aromatic ring is 1. The van der Waals surface area contributed by atoms with Crippen molar-refractivity contribution in [2.75, 3.05) is 25.4 Å². The number of nitrogens with one attached hydrogen (secondary N) is 1. The molecule has 0 aromatic heterocycles. The van der Waals surface area contributed by atoms with E-state index in [9.17, 15) is 19.7 Å². The highest BCUT2D eigenvalue weighted by atomic mass is 35.5. The van der Waals surface area contributed by atoms with E-state index in [0.29, 0.717) is 19.5 Å². The molecule has 2 amide bonds. The molecular weight excluding hydrogens is 300 g/mol. The van der Waals surface area contributed by atoms with E-state index in [-0.39, 0.29) is 34.4 Å². The summed E-state index contributed by atoms with van der Waals surface area (Å²) in [4.78, 5) is 35.4. The molecule has 2 rings (SSSR count). The number of benzene rings is 1. The molecule has 1 aromatic rings. The molecule has 0 atom stereocenters. The van der Waals surface area contributed by atoms with Crippen molar-refractivity contribution in [3.8, 4) is 0 Å². The second-order valence-corrected chi connectivity index (χ2v) is 4.98. The summed E-state index contributed by atoms with van der Waals surface area (Å²) in [6.45, 7) is 0.726. The lowest BCUT2D eigenvalue weighted by atomic mass is 10.1. The molecule has 0 unspecified atom stereocenters. The highest BCUT2D eigenvalue weighted by Crippen LogP contribution is 2.29. The van der Waals surface area contributed by atoms with Crippen LogP contribution in [0.15, 0.2) is 12.1 Å². The number of anilines is 1. The molecule has 1 aliphatic rings. The van der Waals surface area contributed by atoms with Crippen LogP contribution in [0.4, 0.5) is 11.4 Å². The zero-order chi connectivity index (χ0) is 15.6. The zero-order valence-corrected chi connectivity index (χ0v) is 11.7. The Morgan fingerprint density at radius 3 is 2.86 bits per heavy atom. The minimum Gasteiger partial charge on any atom is -0.397 e. The Labute approximate surface area is 125 Å². The van der Waals surface area contributed by atoms with Crippen LogP contribution in [-0.2, 0) is 4.79 Å². The van der Waals surface area contributed by atoms with Gasteiger partial charge < -0.3 is 16.0 Å². The van der Waals surface area contributed by atoms with Gasteiger partial charge >= 0.3 is 0 Å². The molecule has 8 nitrogen and oxygen atoms in total. The molecule has 1 fully saturated rings. The first-order valence-corrected chi connectivity index (χ1v) is 6.57. The summed E-state index contributed by atoms with van der Waals surface area (Å²) in [5.74, 6) is -0.828. The van der Waals surface area contributed by atoms with E-state index < -0.39 is 10.8 Å². The lowest BCUT2D eigenvalue weighted by molar-refractivity contribution is -0.384. The van der Waals surface area contributed by atoms with Gasteiger partial charge in [-0.1, -0.05) is 11.6 Å². The molecule has 0 radical (unpaired) electrons. The quantitative estimate of drug-likeness (QED) is 0.475. The molecule has 112 valence electrons. The minimum atomic E-state index is -0.656. The van der Waals surface area contributed by atoms with Crippen LogP contribution >= 0.6 is 11.6 Å². The normalized spacial score (nSPS) is 15.3. The number of halogens is 1. The van der Waals surface area contributed by atoms with Crippen molar-refractivity contribution in [3.05, 3.63) is 32.8 Å². The van der Waals surface area contributed by atoms with Crippen molar-refractivity contribution in [2.24, 2.45) is 0 Å². The van der Waals surface area contributed by atoms with Gasteiger partial charge in [-0.15, -0.1) is 0 Å². The summed E-state index contributed by atoms with van der Waals surface area (Å²) in [6, 6.07) is 2.16. The molecule has 0 aliphatic carbocycles. The molecule has 1 aromatic carbocycles. The fourth-order valence-corrected chi connectivity index (χ4v) is 2.25. The molecule has 0 saturated carbocycles. The Kier molecular flexibility index (Phi) is 4.27. The zero-order valence-electron chi connectivity index (χ0n) is 11.0. The van der Waals surface area contributed by atoms with Gasteiger partial charge in [0.2, 0.25) is 5.91 Å². The van der Waals surface area contributed by atoms with Gasteiger partial charge in [0.05, 0.1) is 27.7 Å². The Balaban J connectivity index is 2.37. The number of nitrogens with two attached hydrogens (primary N) is 1. The number of rotatable bonds is 2. The van der Waals surface area contributed by atoms with Crippen molar-refractivity contribution < 1.29 is 14.5 Å². The van der Waals surface area contributed by atoms with Crippen molar-refractivity contribution >= 4 is 34.8 Å². The second-order valence-electron chi connectivity index (χ2n) is 4.58. The predicted octanol–water partition coefficient (Wildman–Crippen LogP) is 0.792. The molecule has 3 N–H and O–H groups in total. The average Bonchev–Trinajstić information content (AvgIpc) is 2.65. The number of hydrogen-bond acceptors (Lipinski definition) is 5. The first-order valence-electron chi connectivity index (χ1n) is 6.19. The highest BCUT2D eigenvalue weighted by molar-refractivity contribution is 6.34. The highest BCUT2D eigenvalue weighted by Gasteiger charge is 2.25. The van der Waals surface area contributed by atoms with E-state index in [4.69, 9.17) is 17.3 Å². The Bertz CT molecular complexity index is 620. The van der Waals surface area contributed by atoms with Gasteiger partial charge in [-0.25, -0.2) is 0 Å². The van der Waals surface area contributed by atoms with Crippen LogP contribution in [-0.4, -0.2) is 41.3 Å². The predicted molar refractivity (Wildman–Crippen MR) is 76.0 cm³/mol. The maximum Gasteiger partial charge on any atom is 0.271 e. The summed E-state index contributed by atoms with van der Waals surface area (Å²) in [5.41, 5.74) is 5.31. The van der Waals surface area contributed by atoms with Crippen molar-refractivity contribution in [1.82, 2.24) is 10.2 Å². The largest absolute Gasteiger partial charge is 0.397 e. The van der Waals surface area contributed by atoms with Gasteiger partial charge in [0, 0.05) is 25.2 Å². The van der Waals surface area contributed by atoms with Gasteiger partial charge in [-0.2, -0.15) is 0 Å². The molecular formula is C12H13ClN4O4. The maximum atomic E-state index is 12.4.